The van der Waals surface area contributed by atoms with Gasteiger partial charge in [0.25, 0.3) is 0 Å². The predicted molar refractivity (Wildman–Crippen MR) is 74.4 cm³/mol. The van der Waals surface area contributed by atoms with Crippen molar-refractivity contribution in [1.82, 2.24) is 9.88 Å². The number of nitrogens with zero attached hydrogens (tertiary/aromatic N) is 2. The van der Waals surface area contributed by atoms with E-state index in [0.29, 0.717) is 0 Å². The quantitative estimate of drug-likeness (QED) is 0.833. The Kier molecular flexibility index (Phi) is 5.33. The third-order valence-corrected chi connectivity index (χ3v) is 3.61. The van der Waals surface area contributed by atoms with Crippen LogP contribution in [0.15, 0.2) is 42.0 Å². The molecule has 0 saturated heterocycles. The van der Waals surface area contributed by atoms with Crippen molar-refractivity contribution in [2.24, 2.45) is 0 Å². The van der Waals surface area contributed by atoms with Crippen molar-refractivity contribution in [2.45, 2.75) is 19.5 Å². The van der Waals surface area contributed by atoms with Crippen LogP contribution in [0, 0.1) is 0 Å². The first kappa shape index (κ1) is 13.2. The molecule has 2 heterocycles. The Balaban J connectivity index is 1.96. The van der Waals surface area contributed by atoms with Gasteiger partial charge in [-0.3, -0.25) is 9.88 Å². The number of aliphatic hydroxyl groups excluding tert-OH is 1. The molecule has 0 aliphatic rings. The van der Waals surface area contributed by atoms with E-state index < -0.39 is 0 Å². The minimum Gasteiger partial charge on any atom is -0.396 e. The van der Waals surface area contributed by atoms with E-state index in [1.807, 2.05) is 24.5 Å². The molecule has 0 spiro atoms. The molecule has 0 aliphatic heterocycles. The van der Waals surface area contributed by atoms with Crippen LogP contribution in [-0.2, 0) is 13.1 Å². The molecule has 0 bridgehead atoms. The lowest BCUT2D eigenvalue weighted by Crippen LogP contribution is -2.24. The molecule has 0 aliphatic carbocycles. The Bertz CT molecular complexity index is 430. The van der Waals surface area contributed by atoms with E-state index in [1.54, 1.807) is 11.3 Å². The fraction of sp³-hybridized carbons (Fsp3) is 0.357. The summed E-state index contributed by atoms with van der Waals surface area (Å²) >= 11 is 1.78. The molecule has 2 rings (SSSR count). The molecule has 3 nitrogen and oxygen atoms in total. The fourth-order valence-electron chi connectivity index (χ4n) is 1.88. The molecule has 4 heteroatoms. The van der Waals surface area contributed by atoms with Gasteiger partial charge in [-0.25, -0.2) is 0 Å². The lowest BCUT2D eigenvalue weighted by molar-refractivity contribution is 0.214. The number of aromatic nitrogens is 1. The second-order valence-corrected chi connectivity index (χ2v) is 5.25. The number of rotatable bonds is 7. The van der Waals surface area contributed by atoms with Gasteiger partial charge in [0.05, 0.1) is 0 Å². The minimum absolute atomic E-state index is 0.247. The first-order valence-corrected chi connectivity index (χ1v) is 7.01. The molecule has 0 radical (unpaired) electrons. The van der Waals surface area contributed by atoms with E-state index in [2.05, 4.69) is 27.4 Å². The molecule has 0 saturated carbocycles. The first-order valence-electron chi connectivity index (χ1n) is 6.13. The summed E-state index contributed by atoms with van der Waals surface area (Å²) in [6.45, 7) is 3.01. The summed E-state index contributed by atoms with van der Waals surface area (Å²) in [5, 5.41) is 11.1. The van der Waals surface area contributed by atoms with Crippen molar-refractivity contribution in [1.29, 1.82) is 0 Å². The Labute approximate surface area is 112 Å². The van der Waals surface area contributed by atoms with Gasteiger partial charge in [-0.2, -0.15) is 0 Å². The number of hydrogen-bond acceptors (Lipinski definition) is 4. The van der Waals surface area contributed by atoms with Crippen LogP contribution in [0.25, 0.3) is 0 Å². The van der Waals surface area contributed by atoms with Crippen molar-refractivity contribution in [3.63, 3.8) is 0 Å². The lowest BCUT2D eigenvalue weighted by atomic mass is 10.2. The fourth-order valence-corrected chi connectivity index (χ4v) is 2.62. The largest absolute Gasteiger partial charge is 0.396 e. The van der Waals surface area contributed by atoms with Gasteiger partial charge in [-0.1, -0.05) is 6.07 Å². The molecule has 2 aromatic heterocycles. The van der Waals surface area contributed by atoms with E-state index in [-0.39, 0.29) is 6.61 Å². The van der Waals surface area contributed by atoms with Crippen molar-refractivity contribution in [3.8, 4) is 0 Å². The van der Waals surface area contributed by atoms with Gasteiger partial charge < -0.3 is 5.11 Å². The second kappa shape index (κ2) is 7.26. The highest BCUT2D eigenvalue weighted by Crippen LogP contribution is 2.14. The zero-order valence-electron chi connectivity index (χ0n) is 10.3. The average Bonchev–Trinajstić information content (AvgIpc) is 2.90. The van der Waals surface area contributed by atoms with E-state index in [0.717, 1.165) is 26.1 Å². The van der Waals surface area contributed by atoms with Crippen molar-refractivity contribution in [3.05, 3.63) is 52.5 Å². The summed E-state index contributed by atoms with van der Waals surface area (Å²) in [5.74, 6) is 0. The monoisotopic (exact) mass is 262 g/mol. The first-order chi connectivity index (χ1) is 8.88. The zero-order valence-corrected chi connectivity index (χ0v) is 11.1. The number of aliphatic hydroxyl groups is 1. The van der Waals surface area contributed by atoms with E-state index >= 15 is 0 Å². The van der Waals surface area contributed by atoms with Crippen LogP contribution in [0.4, 0.5) is 0 Å². The molecular formula is C14H18N2OS. The molecule has 18 heavy (non-hydrogen) atoms. The Morgan fingerprint density at radius 2 is 2.00 bits per heavy atom. The van der Waals surface area contributed by atoms with Crippen LogP contribution in [0.1, 0.15) is 16.9 Å². The zero-order chi connectivity index (χ0) is 12.6. The summed E-state index contributed by atoms with van der Waals surface area (Å²) in [4.78, 5) is 7.76. The van der Waals surface area contributed by atoms with Crippen LogP contribution in [0.5, 0.6) is 0 Å². The van der Waals surface area contributed by atoms with Crippen LogP contribution in [-0.4, -0.2) is 28.1 Å². The van der Waals surface area contributed by atoms with E-state index in [4.69, 9.17) is 5.11 Å². The van der Waals surface area contributed by atoms with Crippen LogP contribution in [0.3, 0.4) is 0 Å². The summed E-state index contributed by atoms with van der Waals surface area (Å²) < 4.78 is 0. The van der Waals surface area contributed by atoms with Crippen molar-refractivity contribution < 1.29 is 5.11 Å². The number of thiophene rings is 1. The van der Waals surface area contributed by atoms with E-state index in [1.165, 1.54) is 10.4 Å². The highest BCUT2D eigenvalue weighted by atomic mass is 32.1. The highest BCUT2D eigenvalue weighted by Gasteiger charge is 2.07. The van der Waals surface area contributed by atoms with Gasteiger partial charge in [0.1, 0.15) is 0 Å². The van der Waals surface area contributed by atoms with Gasteiger partial charge in [0.15, 0.2) is 0 Å². The van der Waals surface area contributed by atoms with Gasteiger partial charge in [-0.15, -0.1) is 11.3 Å². The van der Waals surface area contributed by atoms with Gasteiger partial charge in [-0.05, 0) is 35.6 Å². The van der Waals surface area contributed by atoms with Crippen LogP contribution >= 0.6 is 11.3 Å². The summed E-state index contributed by atoms with van der Waals surface area (Å²) in [6.07, 6.45) is 4.46. The van der Waals surface area contributed by atoms with Crippen molar-refractivity contribution in [2.75, 3.05) is 13.2 Å². The Morgan fingerprint density at radius 3 is 2.67 bits per heavy atom. The molecule has 1 N–H and O–H groups in total. The Hall–Kier alpha value is -1.23. The topological polar surface area (TPSA) is 36.4 Å². The maximum absolute atomic E-state index is 8.97. The number of hydrogen-bond donors (Lipinski definition) is 1. The highest BCUT2D eigenvalue weighted by molar-refractivity contribution is 7.09. The second-order valence-electron chi connectivity index (χ2n) is 4.22. The molecule has 0 unspecified atom stereocenters. The summed E-state index contributed by atoms with van der Waals surface area (Å²) in [5.41, 5.74) is 1.26. The molecule has 0 amide bonds. The molecule has 0 fully saturated rings. The van der Waals surface area contributed by atoms with Crippen molar-refractivity contribution >= 4 is 11.3 Å². The maximum Gasteiger partial charge on any atom is 0.0443 e. The molecule has 0 aromatic carbocycles. The summed E-state index contributed by atoms with van der Waals surface area (Å²) in [6, 6.07) is 8.32. The van der Waals surface area contributed by atoms with Gasteiger partial charge in [0.2, 0.25) is 0 Å². The van der Waals surface area contributed by atoms with E-state index in [9.17, 15) is 0 Å². The van der Waals surface area contributed by atoms with Crippen LogP contribution in [0.2, 0.25) is 0 Å². The lowest BCUT2D eigenvalue weighted by Gasteiger charge is -2.21. The summed E-state index contributed by atoms with van der Waals surface area (Å²) in [7, 11) is 0. The third kappa shape index (κ3) is 4.22. The minimum atomic E-state index is 0.247. The SMILES string of the molecule is OCCCN(Cc1ccncc1)Cc1cccs1. The van der Waals surface area contributed by atoms with Gasteiger partial charge >= 0.3 is 0 Å². The standard InChI is InChI=1S/C14H18N2OS/c17-9-2-8-16(12-14-3-1-10-18-14)11-13-4-6-15-7-5-13/h1,3-7,10,17H,2,8-9,11-12H2. The predicted octanol–water partition coefficient (Wildman–Crippen LogP) is 2.53. The smallest absolute Gasteiger partial charge is 0.0443 e. The third-order valence-electron chi connectivity index (χ3n) is 2.75. The maximum atomic E-state index is 8.97. The molecular weight excluding hydrogens is 244 g/mol. The van der Waals surface area contributed by atoms with Crippen LogP contribution < -0.4 is 0 Å². The molecule has 96 valence electrons. The van der Waals surface area contributed by atoms with Gasteiger partial charge in [0, 0.05) is 43.5 Å². The Morgan fingerprint density at radius 1 is 1.17 bits per heavy atom. The number of pyridine rings is 1. The average molecular weight is 262 g/mol. The molecule has 2 aromatic rings. The molecule has 0 atom stereocenters. The normalized spacial score (nSPS) is 11.0.